The van der Waals surface area contributed by atoms with Gasteiger partial charge in [-0.25, -0.2) is 15.0 Å². The Kier molecular flexibility index (Phi) is 7.59. The standard InChI is InChI=1S/C59H35N5O/c1-3-16-37(17-4-1)57-60-58(40-28-30-49-46(34-40)43-23-11-13-25-48(43)63(49)41-20-5-2-6-21-41)62-59(61-57)45-29-32-51(55-44-24-12-14-26-53(44)65-56(45)55)64-50-31-27-36-15-9-10-22-42(36)54(50)47-33-38-18-7-8-19-39(38)35-52(47)64/h1-35H. The Morgan fingerprint density at radius 3 is 1.80 bits per heavy atom. The molecule has 6 heteroatoms. The first-order chi connectivity index (χ1) is 32.2. The molecule has 0 radical (unpaired) electrons. The molecule has 0 unspecified atom stereocenters. The van der Waals surface area contributed by atoms with Gasteiger partial charge in [0.05, 0.1) is 38.7 Å². The SMILES string of the molecule is c1ccc(-c2nc(-c3ccc4c(c3)c3ccccc3n4-c3ccccc3)nc(-c3ccc(-n4c5cc6ccccc6cc5c5c6ccccc6ccc54)c4c3oc3ccccc34)n2)cc1. The van der Waals surface area contributed by atoms with Gasteiger partial charge in [0.15, 0.2) is 17.5 Å². The van der Waals surface area contributed by atoms with Gasteiger partial charge in [-0.05, 0) is 94.3 Å². The fourth-order valence-corrected chi connectivity index (χ4v) is 10.2. The summed E-state index contributed by atoms with van der Waals surface area (Å²) in [4.78, 5) is 15.8. The molecular weight excluding hydrogens is 795 g/mol. The van der Waals surface area contributed by atoms with E-state index in [1.165, 1.54) is 32.3 Å². The first-order valence-electron chi connectivity index (χ1n) is 21.9. The van der Waals surface area contributed by atoms with Crippen molar-refractivity contribution in [2.75, 3.05) is 0 Å². The van der Waals surface area contributed by atoms with Crippen LogP contribution in [0, 0.1) is 0 Å². The van der Waals surface area contributed by atoms with Gasteiger partial charge in [0.2, 0.25) is 0 Å². The molecule has 0 spiro atoms. The average molecular weight is 830 g/mol. The molecule has 302 valence electrons. The molecule has 0 amide bonds. The van der Waals surface area contributed by atoms with Gasteiger partial charge in [-0.2, -0.15) is 0 Å². The molecule has 4 heterocycles. The van der Waals surface area contributed by atoms with Gasteiger partial charge in [-0.3, -0.25) is 0 Å². The molecule has 0 aliphatic heterocycles. The van der Waals surface area contributed by atoms with Crippen molar-refractivity contribution >= 4 is 87.1 Å². The number of furan rings is 1. The van der Waals surface area contributed by atoms with E-state index in [0.29, 0.717) is 17.5 Å². The Hall–Kier alpha value is -8.87. The number of hydrogen-bond donors (Lipinski definition) is 0. The van der Waals surface area contributed by atoms with Crippen molar-refractivity contribution in [3.05, 3.63) is 212 Å². The van der Waals surface area contributed by atoms with Gasteiger partial charge >= 0.3 is 0 Å². The molecule has 0 saturated heterocycles. The second-order valence-electron chi connectivity index (χ2n) is 16.8. The van der Waals surface area contributed by atoms with Crippen LogP contribution in [0.3, 0.4) is 0 Å². The molecule has 10 aromatic carbocycles. The maximum atomic E-state index is 6.97. The molecule has 0 saturated carbocycles. The molecule has 14 aromatic rings. The Labute approximate surface area is 371 Å². The fourth-order valence-electron chi connectivity index (χ4n) is 10.2. The summed E-state index contributed by atoms with van der Waals surface area (Å²) in [5.41, 5.74) is 10.8. The lowest BCUT2D eigenvalue weighted by molar-refractivity contribution is 0.669. The molecule has 14 rings (SSSR count). The van der Waals surface area contributed by atoms with E-state index in [4.69, 9.17) is 19.4 Å². The summed E-state index contributed by atoms with van der Waals surface area (Å²) < 4.78 is 11.7. The number of benzene rings is 10. The predicted octanol–water partition coefficient (Wildman–Crippen LogP) is 15.3. The maximum absolute atomic E-state index is 6.97. The van der Waals surface area contributed by atoms with Crippen LogP contribution in [-0.2, 0) is 0 Å². The van der Waals surface area contributed by atoms with Crippen LogP contribution < -0.4 is 0 Å². The minimum absolute atomic E-state index is 0.537. The van der Waals surface area contributed by atoms with E-state index in [2.05, 4.69) is 191 Å². The van der Waals surface area contributed by atoms with Crippen LogP contribution in [0.5, 0.6) is 0 Å². The Bertz CT molecular complexity index is 4240. The largest absolute Gasteiger partial charge is 0.455 e. The smallest absolute Gasteiger partial charge is 0.167 e. The van der Waals surface area contributed by atoms with Crippen LogP contribution in [0.1, 0.15) is 0 Å². The molecule has 0 atom stereocenters. The third-order valence-electron chi connectivity index (χ3n) is 13.1. The molecule has 6 nitrogen and oxygen atoms in total. The lowest BCUT2D eigenvalue weighted by atomic mass is 10.0. The predicted molar refractivity (Wildman–Crippen MR) is 267 cm³/mol. The highest BCUT2D eigenvalue weighted by Gasteiger charge is 2.24. The molecule has 0 aliphatic rings. The number of aromatic nitrogens is 5. The van der Waals surface area contributed by atoms with Crippen molar-refractivity contribution in [1.82, 2.24) is 24.1 Å². The summed E-state index contributed by atoms with van der Waals surface area (Å²) in [5, 5.41) is 11.6. The van der Waals surface area contributed by atoms with Crippen LogP contribution in [0.4, 0.5) is 0 Å². The third-order valence-corrected chi connectivity index (χ3v) is 13.1. The molecular formula is C59H35N5O. The Morgan fingerprint density at radius 2 is 0.969 bits per heavy atom. The molecule has 0 bridgehead atoms. The molecule has 0 aliphatic carbocycles. The highest BCUT2D eigenvalue weighted by Crippen LogP contribution is 2.45. The quantitative estimate of drug-likeness (QED) is 0.173. The number of rotatable bonds is 5. The first-order valence-corrected chi connectivity index (χ1v) is 21.9. The minimum atomic E-state index is 0.537. The van der Waals surface area contributed by atoms with E-state index in [0.717, 1.165) is 82.8 Å². The lowest BCUT2D eigenvalue weighted by Crippen LogP contribution is -2.01. The highest BCUT2D eigenvalue weighted by atomic mass is 16.3. The summed E-state index contributed by atoms with van der Waals surface area (Å²) in [6.45, 7) is 0. The fraction of sp³-hybridized carbons (Fsp3) is 0. The van der Waals surface area contributed by atoms with E-state index >= 15 is 0 Å². The third kappa shape index (κ3) is 5.38. The topological polar surface area (TPSA) is 61.7 Å². The van der Waals surface area contributed by atoms with Crippen molar-refractivity contribution in [1.29, 1.82) is 0 Å². The van der Waals surface area contributed by atoms with E-state index in [9.17, 15) is 0 Å². The lowest BCUT2D eigenvalue weighted by Gasteiger charge is -2.13. The van der Waals surface area contributed by atoms with Crippen molar-refractivity contribution < 1.29 is 4.42 Å². The van der Waals surface area contributed by atoms with Crippen LogP contribution >= 0.6 is 0 Å². The molecule has 0 N–H and O–H groups in total. The van der Waals surface area contributed by atoms with E-state index in [1.807, 2.05) is 30.3 Å². The van der Waals surface area contributed by atoms with Gasteiger partial charge in [0.1, 0.15) is 11.2 Å². The van der Waals surface area contributed by atoms with Gasteiger partial charge in [-0.1, -0.05) is 140 Å². The summed E-state index contributed by atoms with van der Waals surface area (Å²) in [7, 11) is 0. The van der Waals surface area contributed by atoms with Crippen molar-refractivity contribution in [2.24, 2.45) is 0 Å². The number of para-hydroxylation sites is 3. The molecule has 4 aromatic heterocycles. The number of nitrogens with zero attached hydrogens (tertiary/aromatic N) is 5. The van der Waals surface area contributed by atoms with Crippen LogP contribution in [0.25, 0.3) is 133 Å². The summed E-state index contributed by atoms with van der Waals surface area (Å²) in [5.74, 6) is 1.71. The second kappa shape index (κ2) is 13.8. The zero-order valence-electron chi connectivity index (χ0n) is 34.9. The minimum Gasteiger partial charge on any atom is -0.455 e. The molecule has 0 fully saturated rings. The van der Waals surface area contributed by atoms with E-state index in [1.54, 1.807) is 0 Å². The van der Waals surface area contributed by atoms with Crippen LogP contribution in [-0.4, -0.2) is 24.1 Å². The first kappa shape index (κ1) is 35.7. The van der Waals surface area contributed by atoms with E-state index in [-0.39, 0.29) is 0 Å². The maximum Gasteiger partial charge on any atom is 0.167 e. The van der Waals surface area contributed by atoms with Gasteiger partial charge < -0.3 is 13.6 Å². The summed E-state index contributed by atoms with van der Waals surface area (Å²) in [6, 6.07) is 75.0. The zero-order chi connectivity index (χ0) is 42.6. The van der Waals surface area contributed by atoms with Crippen LogP contribution in [0.15, 0.2) is 217 Å². The second-order valence-corrected chi connectivity index (χ2v) is 16.8. The van der Waals surface area contributed by atoms with Crippen LogP contribution in [0.2, 0.25) is 0 Å². The van der Waals surface area contributed by atoms with Gasteiger partial charge in [-0.15, -0.1) is 0 Å². The molecule has 65 heavy (non-hydrogen) atoms. The normalized spacial score (nSPS) is 12.0. The Morgan fingerprint density at radius 1 is 0.338 bits per heavy atom. The van der Waals surface area contributed by atoms with E-state index < -0.39 is 0 Å². The average Bonchev–Trinajstić information content (AvgIpc) is 4.04. The van der Waals surface area contributed by atoms with Crippen molar-refractivity contribution in [3.8, 4) is 45.5 Å². The van der Waals surface area contributed by atoms with Crippen molar-refractivity contribution in [3.63, 3.8) is 0 Å². The highest BCUT2D eigenvalue weighted by molar-refractivity contribution is 6.24. The van der Waals surface area contributed by atoms with Gasteiger partial charge in [0, 0.05) is 43.7 Å². The monoisotopic (exact) mass is 829 g/mol. The number of hydrogen-bond acceptors (Lipinski definition) is 4. The number of fused-ring (bicyclic) bond motifs is 12. The van der Waals surface area contributed by atoms with Crippen molar-refractivity contribution in [2.45, 2.75) is 0 Å². The summed E-state index contributed by atoms with van der Waals surface area (Å²) >= 11 is 0. The Balaban J connectivity index is 1.03. The zero-order valence-corrected chi connectivity index (χ0v) is 34.9. The summed E-state index contributed by atoms with van der Waals surface area (Å²) in [6.07, 6.45) is 0. The van der Waals surface area contributed by atoms with Gasteiger partial charge in [0.25, 0.3) is 0 Å².